The Balaban J connectivity index is 1.67. The first-order chi connectivity index (χ1) is 15.5. The molecule has 3 heterocycles. The Labute approximate surface area is 189 Å². The first-order valence-electron chi connectivity index (χ1n) is 9.53. The maximum Gasteiger partial charge on any atom is 0.326 e. The number of H-pyrrole nitrogens is 2. The molecule has 3 aromatic heterocycles. The molecule has 174 valence electrons. The topological polar surface area (TPSA) is 212 Å². The number of carboxylic acids is 2. The zero-order chi connectivity index (χ0) is 24.3. The minimum atomic E-state index is -1.37. The summed E-state index contributed by atoms with van der Waals surface area (Å²) in [6.07, 6.45) is -0.692. The highest BCUT2D eigenvalue weighted by Gasteiger charge is 2.24. The van der Waals surface area contributed by atoms with Crippen molar-refractivity contribution in [3.8, 4) is 0 Å². The Morgan fingerprint density at radius 1 is 1.21 bits per heavy atom. The van der Waals surface area contributed by atoms with Crippen molar-refractivity contribution in [2.75, 3.05) is 12.8 Å². The number of aromatic nitrogens is 3. The van der Waals surface area contributed by atoms with Gasteiger partial charge in [-0.15, -0.1) is 11.3 Å². The summed E-state index contributed by atoms with van der Waals surface area (Å²) in [7, 11) is 1.53. The fourth-order valence-electron chi connectivity index (χ4n) is 3.02. The molecule has 0 spiro atoms. The largest absolute Gasteiger partial charge is 0.481 e. The highest BCUT2D eigenvalue weighted by Crippen LogP contribution is 2.20. The van der Waals surface area contributed by atoms with Gasteiger partial charge in [-0.3, -0.25) is 24.2 Å². The molecule has 1 atom stereocenters. The number of amides is 2. The number of carboxylic acid groups (broad SMARTS) is 2. The first kappa shape index (κ1) is 23.5. The van der Waals surface area contributed by atoms with Crippen LogP contribution in [0.25, 0.3) is 11.0 Å². The maximum absolute atomic E-state index is 12.8. The molecular weight excluding hydrogens is 456 g/mol. The van der Waals surface area contributed by atoms with E-state index in [1.165, 1.54) is 24.1 Å². The van der Waals surface area contributed by atoms with E-state index >= 15 is 0 Å². The summed E-state index contributed by atoms with van der Waals surface area (Å²) >= 11 is 0.869. The van der Waals surface area contributed by atoms with Crippen LogP contribution in [0, 0.1) is 0 Å². The summed E-state index contributed by atoms with van der Waals surface area (Å²) in [5.74, 6) is -3.70. The molecule has 0 fully saturated rings. The molecule has 0 aliphatic heterocycles. The minimum absolute atomic E-state index is 0.0391. The summed E-state index contributed by atoms with van der Waals surface area (Å²) in [6, 6.07) is 3.00. The van der Waals surface area contributed by atoms with Gasteiger partial charge in [0, 0.05) is 19.2 Å². The number of anilines is 1. The van der Waals surface area contributed by atoms with E-state index in [-0.39, 0.29) is 34.3 Å². The van der Waals surface area contributed by atoms with Crippen LogP contribution in [0.1, 0.15) is 37.9 Å². The zero-order valence-corrected chi connectivity index (χ0v) is 18.1. The fraction of sp³-hybridized carbons (Fsp3) is 0.263. The van der Waals surface area contributed by atoms with Gasteiger partial charge in [0.1, 0.15) is 11.7 Å². The lowest BCUT2D eigenvalue weighted by Crippen LogP contribution is -2.40. The Morgan fingerprint density at radius 3 is 2.58 bits per heavy atom. The van der Waals surface area contributed by atoms with Crippen LogP contribution in [0.2, 0.25) is 0 Å². The highest BCUT2D eigenvalue weighted by atomic mass is 32.1. The van der Waals surface area contributed by atoms with Crippen molar-refractivity contribution >= 4 is 52.1 Å². The van der Waals surface area contributed by atoms with Gasteiger partial charge in [-0.2, -0.15) is 4.98 Å². The lowest BCUT2D eigenvalue weighted by Gasteiger charge is -2.15. The molecule has 0 radical (unpaired) electrons. The molecule has 0 aliphatic rings. The van der Waals surface area contributed by atoms with E-state index in [0.717, 1.165) is 11.3 Å². The van der Waals surface area contributed by atoms with Crippen LogP contribution in [0.5, 0.6) is 0 Å². The molecule has 33 heavy (non-hydrogen) atoms. The van der Waals surface area contributed by atoms with Crippen molar-refractivity contribution in [3.63, 3.8) is 0 Å². The molecule has 3 aromatic rings. The van der Waals surface area contributed by atoms with Crippen LogP contribution in [0.4, 0.5) is 5.95 Å². The standard InChI is InChI=1S/C19H20N6O7S/c1-25(7-8-6-9-14(21-8)23-19(20)24-15(9)28)17(30)12-4-3-11(33-12)16(29)22-10(18(31)32)2-5-13(26)27/h3-4,6,10H,2,5,7H2,1H3,(H,22,29)(H,26,27)(H,31,32)(H4,20,21,23,24,28)/t10-/m0/s1. The van der Waals surface area contributed by atoms with E-state index < -0.39 is 41.8 Å². The molecule has 2 amide bonds. The minimum Gasteiger partial charge on any atom is -0.481 e. The third kappa shape index (κ3) is 5.54. The number of nitrogen functional groups attached to an aromatic ring is 1. The Bertz CT molecular complexity index is 1290. The summed E-state index contributed by atoms with van der Waals surface area (Å²) < 4.78 is 0. The molecule has 0 unspecified atom stereocenters. The van der Waals surface area contributed by atoms with Gasteiger partial charge in [0.15, 0.2) is 0 Å². The molecule has 13 nitrogen and oxygen atoms in total. The zero-order valence-electron chi connectivity index (χ0n) is 17.2. The molecule has 0 saturated carbocycles. The monoisotopic (exact) mass is 476 g/mol. The molecule has 14 heteroatoms. The summed E-state index contributed by atoms with van der Waals surface area (Å²) in [6.45, 7) is 0.115. The number of aliphatic carboxylic acids is 2. The van der Waals surface area contributed by atoms with Crippen LogP contribution in [0.15, 0.2) is 23.0 Å². The first-order valence-corrected chi connectivity index (χ1v) is 10.3. The van der Waals surface area contributed by atoms with Crippen molar-refractivity contribution in [1.82, 2.24) is 25.2 Å². The second-order valence-corrected chi connectivity index (χ2v) is 8.21. The van der Waals surface area contributed by atoms with Gasteiger partial charge in [0.25, 0.3) is 17.4 Å². The number of rotatable bonds is 9. The van der Waals surface area contributed by atoms with Crippen LogP contribution < -0.4 is 16.6 Å². The Hall–Kier alpha value is -4.20. The number of hydrogen-bond acceptors (Lipinski definition) is 8. The van der Waals surface area contributed by atoms with E-state index in [2.05, 4.69) is 20.3 Å². The molecule has 7 N–H and O–H groups in total. The Morgan fingerprint density at radius 2 is 1.91 bits per heavy atom. The van der Waals surface area contributed by atoms with Gasteiger partial charge in [-0.1, -0.05) is 0 Å². The van der Waals surface area contributed by atoms with Gasteiger partial charge < -0.3 is 31.1 Å². The third-order valence-electron chi connectivity index (χ3n) is 4.62. The molecule has 3 rings (SSSR count). The van der Waals surface area contributed by atoms with Crippen molar-refractivity contribution in [1.29, 1.82) is 0 Å². The second-order valence-electron chi connectivity index (χ2n) is 7.13. The number of carbonyl (C=O) groups is 4. The van der Waals surface area contributed by atoms with E-state index in [9.17, 15) is 29.1 Å². The smallest absolute Gasteiger partial charge is 0.326 e. The molecule has 0 aliphatic carbocycles. The second kappa shape index (κ2) is 9.52. The van der Waals surface area contributed by atoms with Crippen molar-refractivity contribution in [2.24, 2.45) is 0 Å². The number of nitrogens with one attached hydrogen (secondary N) is 3. The average Bonchev–Trinajstić information content (AvgIpc) is 3.37. The number of nitrogens with zero attached hydrogens (tertiary/aromatic N) is 2. The van der Waals surface area contributed by atoms with Crippen LogP contribution in [0.3, 0.4) is 0 Å². The van der Waals surface area contributed by atoms with Gasteiger partial charge >= 0.3 is 11.9 Å². The molecule has 0 saturated heterocycles. The number of carbonyl (C=O) groups excluding carboxylic acids is 2. The molecule has 0 aromatic carbocycles. The SMILES string of the molecule is CN(Cc1cc2c(=O)[nH]c(N)nc2[nH]1)C(=O)c1ccc(C(=O)N[C@@H](CCC(=O)O)C(=O)O)s1. The fourth-order valence-corrected chi connectivity index (χ4v) is 3.93. The van der Waals surface area contributed by atoms with Crippen molar-refractivity contribution in [3.05, 3.63) is 44.0 Å². The van der Waals surface area contributed by atoms with Crippen LogP contribution >= 0.6 is 11.3 Å². The van der Waals surface area contributed by atoms with Crippen LogP contribution in [-0.4, -0.2) is 66.9 Å². The quantitative estimate of drug-likeness (QED) is 0.249. The Kier molecular flexibility index (Phi) is 6.77. The summed E-state index contributed by atoms with van der Waals surface area (Å²) in [5.41, 5.74) is 5.94. The highest BCUT2D eigenvalue weighted by molar-refractivity contribution is 7.15. The third-order valence-corrected chi connectivity index (χ3v) is 5.69. The predicted molar refractivity (Wildman–Crippen MR) is 117 cm³/mol. The van der Waals surface area contributed by atoms with Crippen molar-refractivity contribution < 1.29 is 29.4 Å². The molecular formula is C19H20N6O7S. The lowest BCUT2D eigenvalue weighted by atomic mass is 10.1. The number of fused-ring (bicyclic) bond motifs is 1. The maximum atomic E-state index is 12.8. The predicted octanol–water partition coefficient (Wildman–Crippen LogP) is 0.215. The lowest BCUT2D eigenvalue weighted by molar-refractivity contribution is -0.140. The average molecular weight is 476 g/mol. The van der Waals surface area contributed by atoms with E-state index in [4.69, 9.17) is 10.8 Å². The van der Waals surface area contributed by atoms with Gasteiger partial charge in [-0.25, -0.2) is 4.79 Å². The van der Waals surface area contributed by atoms with Crippen LogP contribution in [-0.2, 0) is 16.1 Å². The van der Waals surface area contributed by atoms with Gasteiger partial charge in [0.05, 0.1) is 21.7 Å². The number of aromatic amines is 2. The van der Waals surface area contributed by atoms with E-state index in [0.29, 0.717) is 11.1 Å². The number of nitrogens with two attached hydrogens (primary N) is 1. The summed E-state index contributed by atoms with van der Waals surface area (Å²) in [5, 5.41) is 20.4. The normalized spacial score (nSPS) is 11.8. The summed E-state index contributed by atoms with van der Waals surface area (Å²) in [4.78, 5) is 70.0. The van der Waals surface area contributed by atoms with E-state index in [1.54, 1.807) is 6.07 Å². The van der Waals surface area contributed by atoms with Gasteiger partial charge in [-0.05, 0) is 24.6 Å². The van der Waals surface area contributed by atoms with Crippen molar-refractivity contribution in [2.45, 2.75) is 25.4 Å². The number of hydrogen-bond donors (Lipinski definition) is 6. The van der Waals surface area contributed by atoms with Gasteiger partial charge in [0.2, 0.25) is 5.95 Å². The van der Waals surface area contributed by atoms with E-state index in [1.807, 2.05) is 0 Å². The molecule has 0 bridgehead atoms. The number of thiophene rings is 1.